The van der Waals surface area contributed by atoms with E-state index in [2.05, 4.69) is 89.8 Å². The van der Waals surface area contributed by atoms with E-state index in [-0.39, 0.29) is 64.5 Å². The SMILES string of the molecule is CCC1(C)CC(NC)C(C)C(C)(CC)N1CCCNC(=O)c1cccc(C(C)=O)c1.COC1CC(C)(C)N(CCOC(=O)CCC(C)=O)C(C)(C)C1. The molecular weight excluding hydrogens is 656 g/mol. The van der Waals surface area contributed by atoms with Crippen molar-refractivity contribution in [2.24, 2.45) is 5.92 Å². The zero-order valence-corrected chi connectivity index (χ0v) is 34.9. The van der Waals surface area contributed by atoms with Crippen molar-refractivity contribution in [3.05, 3.63) is 35.4 Å². The van der Waals surface area contributed by atoms with Crippen LogP contribution in [-0.2, 0) is 19.1 Å². The van der Waals surface area contributed by atoms with Crippen molar-refractivity contribution in [3.8, 4) is 0 Å². The van der Waals surface area contributed by atoms with Gasteiger partial charge in [-0.1, -0.05) is 32.9 Å². The molecule has 52 heavy (non-hydrogen) atoms. The lowest BCUT2D eigenvalue weighted by Crippen LogP contribution is -2.69. The molecule has 10 nitrogen and oxygen atoms in total. The molecule has 10 heteroatoms. The Balaban J connectivity index is 0.000000378. The Kier molecular flexibility index (Phi) is 17.2. The van der Waals surface area contributed by atoms with Gasteiger partial charge in [-0.3, -0.25) is 24.2 Å². The summed E-state index contributed by atoms with van der Waals surface area (Å²) in [4.78, 5) is 51.7. The summed E-state index contributed by atoms with van der Waals surface area (Å²) in [6, 6.07) is 7.45. The summed E-state index contributed by atoms with van der Waals surface area (Å²) in [5.74, 6) is 0.132. The lowest BCUT2D eigenvalue weighted by molar-refractivity contribution is -0.148. The van der Waals surface area contributed by atoms with Gasteiger partial charge in [0.15, 0.2) is 5.78 Å². The van der Waals surface area contributed by atoms with Crippen LogP contribution in [-0.4, -0.2) is 108 Å². The lowest BCUT2D eigenvalue weighted by atomic mass is 9.67. The van der Waals surface area contributed by atoms with E-state index in [0.29, 0.717) is 42.8 Å². The Hall–Kier alpha value is -2.66. The molecule has 1 aromatic carbocycles. The van der Waals surface area contributed by atoms with Crippen LogP contribution in [0.25, 0.3) is 0 Å². The molecule has 2 N–H and O–H groups in total. The minimum Gasteiger partial charge on any atom is -0.464 e. The van der Waals surface area contributed by atoms with Gasteiger partial charge < -0.3 is 24.9 Å². The van der Waals surface area contributed by atoms with E-state index < -0.39 is 0 Å². The topological polar surface area (TPSA) is 117 Å². The average Bonchev–Trinajstić information content (AvgIpc) is 3.09. The summed E-state index contributed by atoms with van der Waals surface area (Å²) in [6.07, 6.45) is 6.88. The van der Waals surface area contributed by atoms with E-state index in [0.717, 1.165) is 45.1 Å². The van der Waals surface area contributed by atoms with Crippen molar-refractivity contribution in [2.75, 3.05) is 40.4 Å². The number of rotatable bonds is 16. The molecule has 296 valence electrons. The van der Waals surface area contributed by atoms with E-state index in [9.17, 15) is 19.2 Å². The van der Waals surface area contributed by atoms with Gasteiger partial charge in [0.1, 0.15) is 12.4 Å². The number of nitrogens with one attached hydrogen (secondary N) is 2. The van der Waals surface area contributed by atoms with Crippen LogP contribution >= 0.6 is 0 Å². The van der Waals surface area contributed by atoms with Crippen molar-refractivity contribution in [2.45, 2.75) is 162 Å². The number of ketones is 2. The first kappa shape index (κ1) is 45.5. The van der Waals surface area contributed by atoms with E-state index >= 15 is 0 Å². The third-order valence-electron chi connectivity index (χ3n) is 12.2. The molecule has 3 rings (SSSR count). The van der Waals surface area contributed by atoms with Crippen LogP contribution in [0.5, 0.6) is 0 Å². The maximum Gasteiger partial charge on any atom is 0.306 e. The summed E-state index contributed by atoms with van der Waals surface area (Å²) in [6.45, 7) is 26.2. The number of methoxy groups -OCH3 is 1. The Morgan fingerprint density at radius 3 is 2.00 bits per heavy atom. The molecule has 0 spiro atoms. The number of hydrogen-bond acceptors (Lipinski definition) is 9. The summed E-state index contributed by atoms with van der Waals surface area (Å²) < 4.78 is 10.8. The number of amides is 1. The van der Waals surface area contributed by atoms with Crippen molar-refractivity contribution < 1.29 is 28.7 Å². The molecule has 0 saturated carbocycles. The van der Waals surface area contributed by atoms with E-state index in [1.54, 1.807) is 31.4 Å². The molecule has 2 heterocycles. The second-order valence-electron chi connectivity index (χ2n) is 16.8. The highest BCUT2D eigenvalue weighted by molar-refractivity contribution is 5.99. The lowest BCUT2D eigenvalue weighted by Gasteiger charge is -2.61. The van der Waals surface area contributed by atoms with Crippen LogP contribution < -0.4 is 10.6 Å². The maximum absolute atomic E-state index is 12.5. The van der Waals surface area contributed by atoms with E-state index in [4.69, 9.17) is 9.47 Å². The van der Waals surface area contributed by atoms with Gasteiger partial charge in [-0.15, -0.1) is 0 Å². The molecule has 1 amide bonds. The fourth-order valence-corrected chi connectivity index (χ4v) is 8.80. The molecule has 0 radical (unpaired) electrons. The highest BCUT2D eigenvalue weighted by Gasteiger charge is 2.51. The number of nitrogens with zero attached hydrogens (tertiary/aromatic N) is 2. The molecule has 2 saturated heterocycles. The van der Waals surface area contributed by atoms with Gasteiger partial charge in [0.25, 0.3) is 5.91 Å². The van der Waals surface area contributed by atoms with Crippen molar-refractivity contribution in [1.29, 1.82) is 0 Å². The molecule has 2 fully saturated rings. The largest absolute Gasteiger partial charge is 0.464 e. The Morgan fingerprint density at radius 2 is 1.48 bits per heavy atom. The number of benzene rings is 1. The number of piperidine rings is 2. The first-order valence-electron chi connectivity index (χ1n) is 19.5. The highest BCUT2D eigenvalue weighted by atomic mass is 16.5. The molecule has 2 aliphatic heterocycles. The van der Waals surface area contributed by atoms with Crippen LogP contribution in [0.1, 0.15) is 148 Å². The molecule has 2 aliphatic rings. The monoisotopic (exact) mass is 729 g/mol. The van der Waals surface area contributed by atoms with Crippen molar-refractivity contribution >= 4 is 23.4 Å². The number of Topliss-reactive ketones (excluding diaryl/α,β-unsaturated/α-hetero) is 2. The quantitative estimate of drug-likeness (QED) is 0.107. The van der Waals surface area contributed by atoms with E-state index in [1.807, 2.05) is 0 Å². The number of ether oxygens (including phenoxy) is 2. The van der Waals surface area contributed by atoms with Crippen LogP contribution in [0.3, 0.4) is 0 Å². The van der Waals surface area contributed by atoms with Gasteiger partial charge in [0.2, 0.25) is 0 Å². The molecule has 0 bridgehead atoms. The fraction of sp³-hybridized carbons (Fsp3) is 0.762. The van der Waals surface area contributed by atoms with Gasteiger partial charge in [-0.25, -0.2) is 0 Å². The Labute approximate surface area is 315 Å². The van der Waals surface area contributed by atoms with Crippen LogP contribution in [0.2, 0.25) is 0 Å². The highest BCUT2D eigenvalue weighted by Crippen LogP contribution is 2.45. The van der Waals surface area contributed by atoms with Crippen LogP contribution in [0, 0.1) is 5.92 Å². The van der Waals surface area contributed by atoms with Gasteiger partial charge >= 0.3 is 5.97 Å². The Bertz CT molecular complexity index is 1330. The molecular formula is C42H72N4O6. The summed E-state index contributed by atoms with van der Waals surface area (Å²) >= 11 is 0. The molecule has 0 aromatic heterocycles. The maximum atomic E-state index is 12.5. The standard InChI is InChI=1S/C25H41N3O2.C17H31NO4/c1-8-24(5)17-22(26-7)18(3)25(6,9-2)28(24)15-11-14-27-23(30)21-13-10-12-20(16-21)19(4)29;1-13(19)7-8-15(20)22-10-9-18-16(2,3)11-14(21-6)12-17(18,4)5/h10,12-13,16,18,22,26H,8-9,11,14-15,17H2,1-7H3,(H,27,30);14H,7-12H2,1-6H3. The second kappa shape index (κ2) is 19.6. The smallest absolute Gasteiger partial charge is 0.306 e. The third-order valence-corrected chi connectivity index (χ3v) is 12.2. The minimum atomic E-state index is -0.294. The average molecular weight is 729 g/mol. The Morgan fingerprint density at radius 1 is 0.865 bits per heavy atom. The number of carbonyl (C=O) groups excluding carboxylic acids is 4. The summed E-state index contributed by atoms with van der Waals surface area (Å²) in [7, 11) is 3.85. The van der Waals surface area contributed by atoms with E-state index in [1.165, 1.54) is 13.8 Å². The number of esters is 1. The summed E-state index contributed by atoms with van der Waals surface area (Å²) in [5, 5.41) is 6.60. The predicted molar refractivity (Wildman–Crippen MR) is 210 cm³/mol. The van der Waals surface area contributed by atoms with Crippen LogP contribution in [0.15, 0.2) is 24.3 Å². The summed E-state index contributed by atoms with van der Waals surface area (Å²) in [5.41, 5.74) is 1.37. The number of carbonyl (C=O) groups is 4. The first-order chi connectivity index (χ1) is 24.2. The molecule has 4 unspecified atom stereocenters. The predicted octanol–water partition coefficient (Wildman–Crippen LogP) is 6.84. The fourth-order valence-electron chi connectivity index (χ4n) is 8.80. The first-order valence-corrected chi connectivity index (χ1v) is 19.5. The zero-order chi connectivity index (χ0) is 39.5. The third kappa shape index (κ3) is 11.9. The normalized spacial score (nSPS) is 26.2. The molecule has 1 aromatic rings. The molecule has 0 aliphatic carbocycles. The van der Waals surface area contributed by atoms with Gasteiger partial charge in [-0.2, -0.15) is 0 Å². The second-order valence-corrected chi connectivity index (χ2v) is 16.8. The zero-order valence-electron chi connectivity index (χ0n) is 34.9. The minimum absolute atomic E-state index is 0.00574. The van der Waals surface area contributed by atoms with Gasteiger partial charge in [0, 0.05) is 72.5 Å². The van der Waals surface area contributed by atoms with Gasteiger partial charge in [0.05, 0.1) is 12.5 Å². The molecule has 4 atom stereocenters. The number of likely N-dealkylation sites (tertiary alicyclic amines) is 2. The van der Waals surface area contributed by atoms with Crippen LogP contribution in [0.4, 0.5) is 0 Å². The number of hydrogen-bond donors (Lipinski definition) is 2. The van der Waals surface area contributed by atoms with Gasteiger partial charge in [-0.05, 0) is 119 Å². The van der Waals surface area contributed by atoms with Crippen molar-refractivity contribution in [1.82, 2.24) is 20.4 Å². The van der Waals surface area contributed by atoms with Crippen molar-refractivity contribution in [3.63, 3.8) is 0 Å².